The maximum absolute atomic E-state index is 6.93. The predicted octanol–water partition coefficient (Wildman–Crippen LogP) is 4.90. The van der Waals surface area contributed by atoms with Gasteiger partial charge in [0.15, 0.2) is 0 Å². The van der Waals surface area contributed by atoms with E-state index in [9.17, 15) is 0 Å². The van der Waals surface area contributed by atoms with Crippen LogP contribution in [0.4, 0.5) is 0 Å². The zero-order valence-electron chi connectivity index (χ0n) is 16.7. The Balaban J connectivity index is 1.85. The molecule has 1 fully saturated rings. The molecule has 2 atom stereocenters. The fourth-order valence-electron chi connectivity index (χ4n) is 3.99. The number of epoxide rings is 1. The largest absolute Gasteiger partial charge is 0.405 e. The van der Waals surface area contributed by atoms with Gasteiger partial charge in [-0.05, 0) is 34.7 Å². The third kappa shape index (κ3) is 4.73. The van der Waals surface area contributed by atoms with Gasteiger partial charge in [-0.15, -0.1) is 0 Å². The van der Waals surface area contributed by atoms with Crippen molar-refractivity contribution in [1.29, 1.82) is 0 Å². The number of halogens is 1. The van der Waals surface area contributed by atoms with Crippen molar-refractivity contribution in [2.24, 2.45) is 0 Å². The second-order valence-electron chi connectivity index (χ2n) is 8.37. The average Bonchev–Trinajstić information content (AvgIpc) is 3.41. The van der Waals surface area contributed by atoms with Crippen LogP contribution < -0.4 is 10.4 Å². The third-order valence-corrected chi connectivity index (χ3v) is 11.0. The molecule has 146 valence electrons. The fourth-order valence-corrected chi connectivity index (χ4v) is 8.95. The Morgan fingerprint density at radius 3 is 1.93 bits per heavy atom. The van der Waals surface area contributed by atoms with Crippen LogP contribution >= 0.6 is 15.9 Å². The summed E-state index contributed by atoms with van der Waals surface area (Å²) in [6, 6.07) is 21.7. The molecule has 3 rings (SSSR count). The molecule has 1 aliphatic rings. The van der Waals surface area contributed by atoms with Gasteiger partial charge in [-0.1, -0.05) is 97.4 Å². The van der Waals surface area contributed by atoms with Crippen molar-refractivity contribution in [1.82, 2.24) is 0 Å². The number of hydrogen-bond acceptors (Lipinski definition) is 2. The Bertz CT molecular complexity index is 660. The Kier molecular flexibility index (Phi) is 6.96. The Hall–Kier alpha value is -0.943. The van der Waals surface area contributed by atoms with Crippen molar-refractivity contribution in [3.8, 4) is 0 Å². The normalized spacial score (nSPS) is 19.9. The molecule has 2 nitrogen and oxygen atoms in total. The van der Waals surface area contributed by atoms with E-state index in [0.717, 1.165) is 11.8 Å². The highest BCUT2D eigenvalue weighted by Crippen LogP contribution is 2.38. The van der Waals surface area contributed by atoms with Gasteiger partial charge in [0.05, 0.1) is 12.7 Å². The van der Waals surface area contributed by atoms with Crippen molar-refractivity contribution in [2.45, 2.75) is 57.3 Å². The van der Waals surface area contributed by atoms with Gasteiger partial charge in [-0.3, -0.25) is 0 Å². The van der Waals surface area contributed by atoms with E-state index in [1.807, 2.05) is 0 Å². The monoisotopic (exact) mass is 446 g/mol. The number of rotatable bonds is 9. The highest BCUT2D eigenvalue weighted by Gasteiger charge is 2.51. The first kappa shape index (κ1) is 20.8. The summed E-state index contributed by atoms with van der Waals surface area (Å²) in [6.45, 7) is 7.65. The number of benzene rings is 2. The Labute approximate surface area is 173 Å². The molecular weight excluding hydrogens is 416 g/mol. The van der Waals surface area contributed by atoms with Crippen molar-refractivity contribution in [3.63, 3.8) is 0 Å². The smallest absolute Gasteiger partial charge is 0.261 e. The summed E-state index contributed by atoms with van der Waals surface area (Å²) in [5.74, 6) is 0. The van der Waals surface area contributed by atoms with Crippen molar-refractivity contribution >= 4 is 34.6 Å². The van der Waals surface area contributed by atoms with Gasteiger partial charge in [0.1, 0.15) is 6.10 Å². The number of alkyl halides is 1. The van der Waals surface area contributed by atoms with E-state index in [1.165, 1.54) is 23.2 Å². The highest BCUT2D eigenvalue weighted by atomic mass is 79.9. The van der Waals surface area contributed by atoms with Crippen molar-refractivity contribution < 1.29 is 9.16 Å². The lowest BCUT2D eigenvalue weighted by atomic mass is 10.2. The van der Waals surface area contributed by atoms with Crippen molar-refractivity contribution in [3.05, 3.63) is 60.7 Å². The van der Waals surface area contributed by atoms with Crippen LogP contribution in [0.2, 0.25) is 5.04 Å². The number of hydrogen-bond donors (Lipinski definition) is 0. The molecule has 0 amide bonds. The summed E-state index contributed by atoms with van der Waals surface area (Å²) >= 11 is 3.51. The SMILES string of the molecule is CC(C)(C)[Si](OC[C@@H]1O[C@H]1CCCCBr)(c1ccccc1)c1ccccc1. The molecule has 0 bridgehead atoms. The van der Waals surface area contributed by atoms with Gasteiger partial charge in [0.2, 0.25) is 0 Å². The fraction of sp³-hybridized carbons (Fsp3) is 0.478. The Morgan fingerprint density at radius 2 is 1.44 bits per heavy atom. The average molecular weight is 447 g/mol. The van der Waals surface area contributed by atoms with Gasteiger partial charge in [-0.25, -0.2) is 0 Å². The van der Waals surface area contributed by atoms with Crippen LogP contribution in [-0.4, -0.2) is 32.5 Å². The van der Waals surface area contributed by atoms with Crippen molar-refractivity contribution in [2.75, 3.05) is 11.9 Å². The molecular formula is C23H31BrO2Si. The molecule has 1 heterocycles. The van der Waals surface area contributed by atoms with Crippen LogP contribution in [0.1, 0.15) is 40.0 Å². The molecule has 1 saturated heterocycles. The molecule has 0 saturated carbocycles. The summed E-state index contributed by atoms with van der Waals surface area (Å²) in [6.07, 6.45) is 4.19. The van der Waals surface area contributed by atoms with Crippen LogP contribution in [0.25, 0.3) is 0 Å². The summed E-state index contributed by atoms with van der Waals surface area (Å²) in [4.78, 5) is 0. The quantitative estimate of drug-likeness (QED) is 0.236. The minimum Gasteiger partial charge on any atom is -0.405 e. The lowest BCUT2D eigenvalue weighted by Gasteiger charge is -2.43. The first-order valence-corrected chi connectivity index (χ1v) is 13.0. The van der Waals surface area contributed by atoms with Crippen LogP contribution in [0.5, 0.6) is 0 Å². The molecule has 0 N–H and O–H groups in total. The third-order valence-electron chi connectivity index (χ3n) is 5.44. The van der Waals surface area contributed by atoms with E-state index in [4.69, 9.17) is 9.16 Å². The van der Waals surface area contributed by atoms with Gasteiger partial charge >= 0.3 is 0 Å². The second-order valence-corrected chi connectivity index (χ2v) is 13.5. The molecule has 1 aliphatic heterocycles. The molecule has 2 aromatic carbocycles. The summed E-state index contributed by atoms with van der Waals surface area (Å²) in [5.41, 5.74) is 0. The van der Waals surface area contributed by atoms with Crippen LogP contribution in [0, 0.1) is 0 Å². The zero-order valence-corrected chi connectivity index (χ0v) is 19.2. The molecule has 27 heavy (non-hydrogen) atoms. The van der Waals surface area contributed by atoms with E-state index in [1.54, 1.807) is 0 Å². The zero-order chi connectivity index (χ0) is 19.3. The van der Waals surface area contributed by atoms with E-state index < -0.39 is 8.32 Å². The Morgan fingerprint density at radius 1 is 0.889 bits per heavy atom. The molecule has 0 radical (unpaired) electrons. The summed E-state index contributed by atoms with van der Waals surface area (Å²) < 4.78 is 12.9. The molecule has 0 aliphatic carbocycles. The molecule has 0 spiro atoms. The first-order valence-electron chi connectivity index (χ1n) is 9.95. The lowest BCUT2D eigenvalue weighted by molar-refractivity contribution is 0.247. The molecule has 0 aromatic heterocycles. The second kappa shape index (κ2) is 9.04. The topological polar surface area (TPSA) is 21.8 Å². The van der Waals surface area contributed by atoms with Gasteiger partial charge < -0.3 is 9.16 Å². The maximum Gasteiger partial charge on any atom is 0.261 e. The highest BCUT2D eigenvalue weighted by molar-refractivity contribution is 9.09. The lowest BCUT2D eigenvalue weighted by Crippen LogP contribution is -2.66. The maximum atomic E-state index is 6.93. The minimum atomic E-state index is -2.43. The van der Waals surface area contributed by atoms with Gasteiger partial charge in [-0.2, -0.15) is 0 Å². The van der Waals surface area contributed by atoms with E-state index in [0.29, 0.717) is 12.7 Å². The summed E-state index contributed by atoms with van der Waals surface area (Å²) in [7, 11) is -2.43. The summed E-state index contributed by atoms with van der Waals surface area (Å²) in [5, 5.41) is 3.76. The first-order chi connectivity index (χ1) is 13.0. The van der Waals surface area contributed by atoms with Crippen LogP contribution in [0.3, 0.4) is 0 Å². The van der Waals surface area contributed by atoms with E-state index in [2.05, 4.69) is 97.4 Å². The molecule has 0 unspecified atom stereocenters. The standard InChI is InChI=1S/C23H31BrO2Si/c1-23(2,3)27(19-12-6-4-7-13-19,20-14-8-5-9-15-20)25-18-22-21(26-22)16-10-11-17-24/h4-9,12-15,21-22H,10-11,16-18H2,1-3H3/t21-,22-/m0/s1. The van der Waals surface area contributed by atoms with Crippen LogP contribution in [0.15, 0.2) is 60.7 Å². The van der Waals surface area contributed by atoms with Crippen LogP contribution in [-0.2, 0) is 9.16 Å². The van der Waals surface area contributed by atoms with E-state index in [-0.39, 0.29) is 11.1 Å². The van der Waals surface area contributed by atoms with E-state index >= 15 is 0 Å². The molecule has 2 aromatic rings. The minimum absolute atomic E-state index is 0.0239. The van der Waals surface area contributed by atoms with Gasteiger partial charge in [0, 0.05) is 5.33 Å². The van der Waals surface area contributed by atoms with Gasteiger partial charge in [0.25, 0.3) is 8.32 Å². The number of unbranched alkanes of at least 4 members (excludes halogenated alkanes) is 1. The predicted molar refractivity (Wildman–Crippen MR) is 120 cm³/mol. The number of ether oxygens (including phenoxy) is 1. The molecule has 4 heteroatoms.